The Bertz CT molecular complexity index is 597. The number of fused-ring (bicyclic) bond motifs is 1. The minimum atomic E-state index is -0.675. The van der Waals surface area contributed by atoms with E-state index in [1.165, 1.54) is 17.7 Å². The van der Waals surface area contributed by atoms with Gasteiger partial charge in [-0.05, 0) is 23.8 Å². The molecule has 1 aliphatic heterocycles. The number of aliphatic hydroxyl groups excluding tert-OH is 1. The van der Waals surface area contributed by atoms with Crippen LogP contribution in [-0.2, 0) is 0 Å². The molecule has 1 heterocycles. The highest BCUT2D eigenvalue weighted by atomic mass is 19.1. The summed E-state index contributed by atoms with van der Waals surface area (Å²) in [5.74, 6) is 0.406. The van der Waals surface area contributed by atoms with Crippen molar-refractivity contribution in [3.05, 3.63) is 65.5 Å². The minimum absolute atomic E-state index is 0.106. The molecule has 0 spiro atoms. The third-order valence-corrected chi connectivity index (χ3v) is 3.95. The van der Waals surface area contributed by atoms with Gasteiger partial charge in [-0.1, -0.05) is 37.3 Å². The largest absolute Gasteiger partial charge is 0.489 e. The van der Waals surface area contributed by atoms with Crippen LogP contribution < -0.4 is 4.74 Å². The van der Waals surface area contributed by atoms with Crippen molar-refractivity contribution in [3.63, 3.8) is 0 Å². The van der Waals surface area contributed by atoms with Gasteiger partial charge in [0.05, 0.1) is 6.10 Å². The van der Waals surface area contributed by atoms with Gasteiger partial charge < -0.3 is 9.84 Å². The Hall–Kier alpha value is -1.87. The molecule has 2 nitrogen and oxygen atoms in total. The van der Waals surface area contributed by atoms with E-state index in [0.29, 0.717) is 17.7 Å². The topological polar surface area (TPSA) is 29.5 Å². The molecule has 3 atom stereocenters. The number of halogens is 1. The Morgan fingerprint density at radius 3 is 2.70 bits per heavy atom. The number of hydrogen-bond donors (Lipinski definition) is 1. The molecule has 0 saturated carbocycles. The third-order valence-electron chi connectivity index (χ3n) is 3.95. The molecule has 2 unspecified atom stereocenters. The molecule has 0 aromatic heterocycles. The molecule has 1 aliphatic rings. The van der Waals surface area contributed by atoms with Gasteiger partial charge in [-0.3, -0.25) is 0 Å². The fraction of sp³-hybridized carbons (Fsp3) is 0.294. The SMILES string of the molecule is CC(c1ccccc1)C1C[C@@H](O)c2cc(F)ccc2O1. The highest BCUT2D eigenvalue weighted by molar-refractivity contribution is 5.38. The number of benzene rings is 2. The Balaban J connectivity index is 1.86. The zero-order chi connectivity index (χ0) is 14.1. The van der Waals surface area contributed by atoms with E-state index in [1.54, 1.807) is 6.07 Å². The molecule has 2 aromatic rings. The predicted octanol–water partition coefficient (Wildman–Crippen LogP) is 3.81. The summed E-state index contributed by atoms with van der Waals surface area (Å²) in [6.07, 6.45) is -0.303. The number of aliphatic hydroxyl groups is 1. The van der Waals surface area contributed by atoms with Gasteiger partial charge in [0.25, 0.3) is 0 Å². The van der Waals surface area contributed by atoms with Gasteiger partial charge in [0.2, 0.25) is 0 Å². The highest BCUT2D eigenvalue weighted by Crippen LogP contribution is 2.39. The van der Waals surface area contributed by atoms with E-state index in [-0.39, 0.29) is 17.8 Å². The Morgan fingerprint density at radius 2 is 1.95 bits per heavy atom. The minimum Gasteiger partial charge on any atom is -0.489 e. The third kappa shape index (κ3) is 2.41. The van der Waals surface area contributed by atoms with Gasteiger partial charge in [-0.2, -0.15) is 0 Å². The van der Waals surface area contributed by atoms with Crippen molar-refractivity contribution in [1.82, 2.24) is 0 Å². The molecular weight excluding hydrogens is 255 g/mol. The lowest BCUT2D eigenvalue weighted by Crippen LogP contribution is -2.30. The second kappa shape index (κ2) is 5.25. The summed E-state index contributed by atoms with van der Waals surface area (Å²) < 4.78 is 19.2. The first-order valence-electron chi connectivity index (χ1n) is 6.84. The Labute approximate surface area is 117 Å². The van der Waals surface area contributed by atoms with Gasteiger partial charge in [-0.15, -0.1) is 0 Å². The van der Waals surface area contributed by atoms with Crippen LogP contribution in [0, 0.1) is 5.82 Å². The first-order chi connectivity index (χ1) is 9.65. The molecule has 0 fully saturated rings. The van der Waals surface area contributed by atoms with Crippen LogP contribution in [0.3, 0.4) is 0 Å². The first kappa shape index (κ1) is 13.1. The Morgan fingerprint density at radius 1 is 1.20 bits per heavy atom. The number of rotatable bonds is 2. The molecular formula is C17H17FO2. The highest BCUT2D eigenvalue weighted by Gasteiger charge is 2.31. The van der Waals surface area contributed by atoms with E-state index in [2.05, 4.69) is 19.1 Å². The Kier molecular flexibility index (Phi) is 3.45. The molecule has 3 heteroatoms. The molecule has 0 amide bonds. The summed E-state index contributed by atoms with van der Waals surface area (Å²) in [4.78, 5) is 0. The van der Waals surface area contributed by atoms with Crippen LogP contribution >= 0.6 is 0 Å². The molecule has 0 radical (unpaired) electrons. The van der Waals surface area contributed by atoms with Gasteiger partial charge >= 0.3 is 0 Å². The smallest absolute Gasteiger partial charge is 0.125 e. The average molecular weight is 272 g/mol. The normalized spacial score (nSPS) is 22.8. The molecule has 0 saturated heterocycles. The monoisotopic (exact) mass is 272 g/mol. The summed E-state index contributed by atoms with van der Waals surface area (Å²) in [7, 11) is 0. The average Bonchev–Trinajstić information content (AvgIpc) is 2.48. The second-order valence-corrected chi connectivity index (χ2v) is 5.29. The van der Waals surface area contributed by atoms with Crippen molar-refractivity contribution in [2.45, 2.75) is 31.5 Å². The maximum absolute atomic E-state index is 13.2. The first-order valence-corrected chi connectivity index (χ1v) is 6.84. The summed E-state index contributed by atoms with van der Waals surface area (Å²) in [6.45, 7) is 2.08. The van der Waals surface area contributed by atoms with Gasteiger partial charge in [0, 0.05) is 17.9 Å². The van der Waals surface area contributed by atoms with Crippen molar-refractivity contribution >= 4 is 0 Å². The van der Waals surface area contributed by atoms with E-state index in [0.717, 1.165) is 0 Å². The number of ether oxygens (including phenoxy) is 1. The standard InChI is InChI=1S/C17H17FO2/c1-11(12-5-3-2-4-6-12)17-10-15(19)14-9-13(18)7-8-16(14)20-17/h2-9,11,15,17,19H,10H2,1H3/t11?,15-,17?/m1/s1. The van der Waals surface area contributed by atoms with Gasteiger partial charge in [0.1, 0.15) is 17.7 Å². The van der Waals surface area contributed by atoms with E-state index in [1.807, 2.05) is 18.2 Å². The lowest BCUT2D eigenvalue weighted by Gasteiger charge is -2.33. The summed E-state index contributed by atoms with van der Waals surface area (Å²) in [6, 6.07) is 14.4. The predicted molar refractivity (Wildman–Crippen MR) is 75.2 cm³/mol. The van der Waals surface area contributed by atoms with Crippen LogP contribution in [-0.4, -0.2) is 11.2 Å². The molecule has 2 aromatic carbocycles. The van der Waals surface area contributed by atoms with E-state index in [9.17, 15) is 9.50 Å². The van der Waals surface area contributed by atoms with Crippen LogP contribution in [0.1, 0.15) is 36.5 Å². The molecule has 104 valence electrons. The summed E-state index contributed by atoms with van der Waals surface area (Å²) in [5.41, 5.74) is 1.72. The molecule has 3 rings (SSSR count). The van der Waals surface area contributed by atoms with E-state index < -0.39 is 6.10 Å². The second-order valence-electron chi connectivity index (χ2n) is 5.29. The lowest BCUT2D eigenvalue weighted by molar-refractivity contribution is 0.0543. The van der Waals surface area contributed by atoms with Crippen LogP contribution in [0.15, 0.2) is 48.5 Å². The summed E-state index contributed by atoms with van der Waals surface area (Å²) >= 11 is 0. The van der Waals surface area contributed by atoms with Crippen LogP contribution in [0.4, 0.5) is 4.39 Å². The van der Waals surface area contributed by atoms with Crippen LogP contribution in [0.25, 0.3) is 0 Å². The van der Waals surface area contributed by atoms with E-state index >= 15 is 0 Å². The van der Waals surface area contributed by atoms with Crippen molar-refractivity contribution in [2.24, 2.45) is 0 Å². The van der Waals surface area contributed by atoms with Crippen molar-refractivity contribution < 1.29 is 14.2 Å². The van der Waals surface area contributed by atoms with Crippen LogP contribution in [0.2, 0.25) is 0 Å². The quantitative estimate of drug-likeness (QED) is 0.900. The zero-order valence-corrected chi connectivity index (χ0v) is 11.3. The molecule has 1 N–H and O–H groups in total. The van der Waals surface area contributed by atoms with E-state index in [4.69, 9.17) is 4.74 Å². The summed E-state index contributed by atoms with van der Waals surface area (Å²) in [5, 5.41) is 10.2. The van der Waals surface area contributed by atoms with Gasteiger partial charge in [0.15, 0.2) is 0 Å². The lowest BCUT2D eigenvalue weighted by atomic mass is 9.88. The molecule has 20 heavy (non-hydrogen) atoms. The fourth-order valence-corrected chi connectivity index (χ4v) is 2.72. The fourth-order valence-electron chi connectivity index (χ4n) is 2.72. The maximum Gasteiger partial charge on any atom is 0.125 e. The van der Waals surface area contributed by atoms with Crippen molar-refractivity contribution in [1.29, 1.82) is 0 Å². The maximum atomic E-state index is 13.2. The van der Waals surface area contributed by atoms with Crippen LogP contribution in [0.5, 0.6) is 5.75 Å². The van der Waals surface area contributed by atoms with Crippen molar-refractivity contribution in [2.75, 3.05) is 0 Å². The van der Waals surface area contributed by atoms with Gasteiger partial charge in [-0.25, -0.2) is 4.39 Å². The van der Waals surface area contributed by atoms with Crippen molar-refractivity contribution in [3.8, 4) is 5.75 Å². The molecule has 0 bridgehead atoms. The molecule has 0 aliphatic carbocycles. The zero-order valence-electron chi connectivity index (χ0n) is 11.3. The number of hydrogen-bond acceptors (Lipinski definition) is 2.